The summed E-state index contributed by atoms with van der Waals surface area (Å²) in [6, 6.07) is 16.5. The van der Waals surface area contributed by atoms with Crippen LogP contribution in [0.1, 0.15) is 37.7 Å². The predicted octanol–water partition coefficient (Wildman–Crippen LogP) is 4.08. The number of amidine groups is 1. The molecule has 1 unspecified atom stereocenters. The highest BCUT2D eigenvalue weighted by atomic mass is 16.3. The molecule has 8 rings (SSSR count). The van der Waals surface area contributed by atoms with E-state index in [0.717, 1.165) is 78.9 Å². The Balaban J connectivity index is 1.05. The first-order valence-electron chi connectivity index (χ1n) is 15.3. The summed E-state index contributed by atoms with van der Waals surface area (Å²) in [6.07, 6.45) is 8.32. The fourth-order valence-corrected chi connectivity index (χ4v) is 7.26. The van der Waals surface area contributed by atoms with Crippen LogP contribution in [-0.2, 0) is 9.59 Å². The standard InChI is InChI=1S/C34H36N4O4/c39-17-16-36-13-11-34(12-14-36)32(41)38(21-28-20-33(28)10-15-37(22-33)31(40)25-5-6-25)30(35-34)24-3-1-23(2-4-24)26-7-8-29-27(19-26)9-18-42-29/h1-4,7-9,18-20,25,39H,5-6,10-17,21-22H2. The Kier molecular flexibility index (Phi) is 5.95. The minimum atomic E-state index is -0.751. The molecule has 3 aromatic rings. The monoisotopic (exact) mass is 564 g/mol. The number of hydrogen-bond acceptors (Lipinski definition) is 6. The van der Waals surface area contributed by atoms with Gasteiger partial charge in [-0.1, -0.05) is 36.4 Å². The van der Waals surface area contributed by atoms with Crippen molar-refractivity contribution in [2.75, 3.05) is 45.9 Å². The van der Waals surface area contributed by atoms with E-state index in [1.807, 2.05) is 21.9 Å². The number of carbonyl (C=O) groups is 2. The van der Waals surface area contributed by atoms with Gasteiger partial charge in [0.25, 0.3) is 5.91 Å². The van der Waals surface area contributed by atoms with Crippen LogP contribution in [0.15, 0.2) is 75.9 Å². The Morgan fingerprint density at radius 3 is 2.50 bits per heavy atom. The second-order valence-electron chi connectivity index (χ2n) is 12.8. The van der Waals surface area contributed by atoms with Gasteiger partial charge in [0.1, 0.15) is 17.0 Å². The topological polar surface area (TPSA) is 89.6 Å². The van der Waals surface area contributed by atoms with Crippen LogP contribution in [0.2, 0.25) is 0 Å². The molecule has 2 amide bonds. The fourth-order valence-electron chi connectivity index (χ4n) is 7.26. The fraction of sp³-hybridized carbons (Fsp3) is 0.441. The molecular formula is C34H36N4O4. The third kappa shape index (κ3) is 4.31. The lowest BCUT2D eigenvalue weighted by atomic mass is 9.87. The molecule has 2 aliphatic carbocycles. The zero-order valence-corrected chi connectivity index (χ0v) is 23.8. The molecule has 1 atom stereocenters. The Bertz CT molecular complexity index is 1630. The SMILES string of the molecule is O=C(C1CC1)N1CCC2(C=C2CN2C(=O)C3(CCN(CCO)CC3)N=C2c2ccc(-c3ccc4occc4c3)cc2)C1. The van der Waals surface area contributed by atoms with Gasteiger partial charge in [-0.15, -0.1) is 0 Å². The summed E-state index contributed by atoms with van der Waals surface area (Å²) in [7, 11) is 0. The van der Waals surface area contributed by atoms with Crippen LogP contribution in [0.25, 0.3) is 22.1 Å². The van der Waals surface area contributed by atoms with Gasteiger partial charge in [0.05, 0.1) is 12.9 Å². The van der Waals surface area contributed by atoms with Crippen molar-refractivity contribution in [1.82, 2.24) is 14.7 Å². The summed E-state index contributed by atoms with van der Waals surface area (Å²) >= 11 is 0. The number of fused-ring (bicyclic) bond motifs is 1. The summed E-state index contributed by atoms with van der Waals surface area (Å²) in [6.45, 7) is 4.34. The molecule has 2 spiro atoms. The van der Waals surface area contributed by atoms with Gasteiger partial charge in [0.2, 0.25) is 5.91 Å². The van der Waals surface area contributed by atoms with Crippen molar-refractivity contribution in [3.05, 3.63) is 72.0 Å². The molecule has 1 aromatic heterocycles. The molecule has 8 nitrogen and oxygen atoms in total. The zero-order valence-electron chi connectivity index (χ0n) is 23.8. The lowest BCUT2D eigenvalue weighted by Crippen LogP contribution is -2.50. The van der Waals surface area contributed by atoms with Crippen LogP contribution < -0.4 is 0 Å². The van der Waals surface area contributed by atoms with E-state index in [2.05, 4.69) is 47.4 Å². The summed E-state index contributed by atoms with van der Waals surface area (Å²) in [5.74, 6) is 1.39. The van der Waals surface area contributed by atoms with E-state index in [4.69, 9.17) is 9.41 Å². The summed E-state index contributed by atoms with van der Waals surface area (Å²) in [5, 5.41) is 10.5. The van der Waals surface area contributed by atoms with E-state index in [1.165, 1.54) is 5.57 Å². The second kappa shape index (κ2) is 9.64. The quantitative estimate of drug-likeness (QED) is 0.437. The smallest absolute Gasteiger partial charge is 0.256 e. The lowest BCUT2D eigenvalue weighted by Gasteiger charge is -2.36. The molecular weight excluding hydrogens is 528 g/mol. The molecule has 42 heavy (non-hydrogen) atoms. The van der Waals surface area contributed by atoms with Gasteiger partial charge in [0, 0.05) is 61.6 Å². The minimum Gasteiger partial charge on any atom is -0.464 e. The molecule has 1 saturated carbocycles. The second-order valence-corrected chi connectivity index (χ2v) is 12.8. The molecule has 3 aliphatic heterocycles. The third-order valence-electron chi connectivity index (χ3n) is 10.1. The number of β-amino-alcohol motifs (C(OH)–C–C–N with tert-alkyl or cyclic N) is 1. The van der Waals surface area contributed by atoms with Crippen molar-refractivity contribution in [2.24, 2.45) is 16.3 Å². The first-order chi connectivity index (χ1) is 20.5. The first-order valence-corrected chi connectivity index (χ1v) is 15.3. The number of hydrogen-bond donors (Lipinski definition) is 1. The molecule has 3 fully saturated rings. The maximum atomic E-state index is 14.2. The molecule has 1 N–H and O–H groups in total. The van der Waals surface area contributed by atoms with Gasteiger partial charge in [0.15, 0.2) is 0 Å². The van der Waals surface area contributed by atoms with Gasteiger partial charge in [-0.05, 0) is 67.0 Å². The van der Waals surface area contributed by atoms with Gasteiger partial charge >= 0.3 is 0 Å². The van der Waals surface area contributed by atoms with Gasteiger partial charge in [-0.3, -0.25) is 19.5 Å². The Morgan fingerprint density at radius 1 is 0.976 bits per heavy atom. The van der Waals surface area contributed by atoms with E-state index in [9.17, 15) is 14.7 Å². The number of likely N-dealkylation sites (tertiary alicyclic amines) is 2. The maximum Gasteiger partial charge on any atom is 0.256 e. The van der Waals surface area contributed by atoms with Crippen molar-refractivity contribution in [3.8, 4) is 11.1 Å². The summed E-state index contributed by atoms with van der Waals surface area (Å²) < 4.78 is 5.50. The van der Waals surface area contributed by atoms with Gasteiger partial charge in [-0.2, -0.15) is 0 Å². The normalized spacial score (nSPS) is 25.1. The highest BCUT2D eigenvalue weighted by Crippen LogP contribution is 2.53. The number of rotatable bonds is 7. The Labute approximate surface area is 245 Å². The van der Waals surface area contributed by atoms with Crippen molar-refractivity contribution in [1.29, 1.82) is 0 Å². The molecule has 5 aliphatic rings. The number of aliphatic hydroxyl groups is 1. The predicted molar refractivity (Wildman–Crippen MR) is 160 cm³/mol. The van der Waals surface area contributed by atoms with E-state index < -0.39 is 5.54 Å². The van der Waals surface area contributed by atoms with Gasteiger partial charge in [-0.25, -0.2) is 0 Å². The van der Waals surface area contributed by atoms with E-state index in [-0.39, 0.29) is 23.8 Å². The molecule has 0 bridgehead atoms. The number of piperidine rings is 1. The summed E-state index contributed by atoms with van der Waals surface area (Å²) in [4.78, 5) is 38.3. The average Bonchev–Trinajstić information content (AvgIpc) is 3.83. The number of nitrogens with zero attached hydrogens (tertiary/aromatic N) is 4. The molecule has 8 heteroatoms. The number of aliphatic imine (C=N–C) groups is 1. The number of carbonyl (C=O) groups excluding carboxylic acids is 2. The van der Waals surface area contributed by atoms with Crippen LogP contribution in [-0.4, -0.2) is 88.9 Å². The minimum absolute atomic E-state index is 0.0498. The van der Waals surface area contributed by atoms with Crippen LogP contribution in [0.3, 0.4) is 0 Å². The van der Waals surface area contributed by atoms with E-state index >= 15 is 0 Å². The Morgan fingerprint density at radius 2 is 1.74 bits per heavy atom. The molecule has 0 radical (unpaired) electrons. The van der Waals surface area contributed by atoms with Crippen molar-refractivity contribution < 1.29 is 19.1 Å². The van der Waals surface area contributed by atoms with Gasteiger partial charge < -0.3 is 19.3 Å². The molecule has 4 heterocycles. The highest BCUT2D eigenvalue weighted by Gasteiger charge is 2.55. The third-order valence-corrected chi connectivity index (χ3v) is 10.1. The van der Waals surface area contributed by atoms with Crippen molar-refractivity contribution >= 4 is 28.6 Å². The van der Waals surface area contributed by atoms with Crippen LogP contribution >= 0.6 is 0 Å². The van der Waals surface area contributed by atoms with Crippen molar-refractivity contribution in [3.63, 3.8) is 0 Å². The van der Waals surface area contributed by atoms with Crippen LogP contribution in [0.5, 0.6) is 0 Å². The number of aliphatic hydroxyl groups excluding tert-OH is 1. The largest absolute Gasteiger partial charge is 0.464 e. The number of furan rings is 1. The average molecular weight is 565 g/mol. The lowest BCUT2D eigenvalue weighted by molar-refractivity contribution is -0.133. The number of amides is 2. The first kappa shape index (κ1) is 25.9. The van der Waals surface area contributed by atoms with Crippen LogP contribution in [0.4, 0.5) is 0 Å². The van der Waals surface area contributed by atoms with Crippen LogP contribution in [0, 0.1) is 11.3 Å². The summed E-state index contributed by atoms with van der Waals surface area (Å²) in [5.41, 5.74) is 4.48. The zero-order chi connectivity index (χ0) is 28.5. The Hall–Kier alpha value is -3.75. The molecule has 216 valence electrons. The maximum absolute atomic E-state index is 14.2. The van der Waals surface area contributed by atoms with Crippen molar-refractivity contribution in [2.45, 2.75) is 37.6 Å². The van der Waals surface area contributed by atoms with E-state index in [0.29, 0.717) is 31.8 Å². The highest BCUT2D eigenvalue weighted by molar-refractivity contribution is 6.15. The molecule has 2 aromatic carbocycles. The number of benzene rings is 2. The van der Waals surface area contributed by atoms with E-state index in [1.54, 1.807) is 6.26 Å². The molecule has 2 saturated heterocycles.